The van der Waals surface area contributed by atoms with Gasteiger partial charge in [-0.1, -0.05) is 65.2 Å². The Balaban J connectivity index is 1.66. The van der Waals surface area contributed by atoms with Crippen molar-refractivity contribution >= 4 is 23.2 Å². The molecule has 0 amide bonds. The summed E-state index contributed by atoms with van der Waals surface area (Å²) in [5.41, 5.74) is 4.57. The Morgan fingerprint density at radius 3 is 2.46 bits per heavy atom. The molecule has 0 saturated carbocycles. The molecule has 0 fully saturated rings. The van der Waals surface area contributed by atoms with Gasteiger partial charge in [0.05, 0.1) is 11.4 Å². The third-order valence-corrected chi connectivity index (χ3v) is 5.12. The molecule has 2 aromatic heterocycles. The van der Waals surface area contributed by atoms with Crippen molar-refractivity contribution in [1.82, 2.24) is 30.0 Å². The number of tetrazole rings is 1. The summed E-state index contributed by atoms with van der Waals surface area (Å²) >= 11 is 6.79. The van der Waals surface area contributed by atoms with Crippen molar-refractivity contribution < 1.29 is 0 Å². The average Bonchev–Trinajstić information content (AvgIpc) is 3.33. The highest BCUT2D eigenvalue weighted by Gasteiger charge is 2.30. The van der Waals surface area contributed by atoms with Crippen LogP contribution in [0.4, 0.5) is 5.95 Å². The van der Waals surface area contributed by atoms with Crippen LogP contribution < -0.4 is 5.32 Å². The van der Waals surface area contributed by atoms with E-state index in [0.29, 0.717) is 11.1 Å². The summed E-state index contributed by atoms with van der Waals surface area (Å²) in [6.45, 7) is 1.95. The summed E-state index contributed by atoms with van der Waals surface area (Å²) in [4.78, 5) is 0. The Hall–Kier alpha value is -3.45. The van der Waals surface area contributed by atoms with Crippen LogP contribution in [0.2, 0.25) is 5.15 Å². The largest absolute Gasteiger partial charge is 0.323 e. The summed E-state index contributed by atoms with van der Waals surface area (Å²) in [6.07, 6.45) is 2.07. The Morgan fingerprint density at radius 1 is 1.00 bits per heavy atom. The van der Waals surface area contributed by atoms with E-state index in [1.165, 1.54) is 0 Å². The Labute approximate surface area is 166 Å². The minimum absolute atomic E-state index is 0.272. The van der Waals surface area contributed by atoms with E-state index in [9.17, 15) is 0 Å². The topological polar surface area (TPSA) is 73.5 Å². The van der Waals surface area contributed by atoms with Crippen LogP contribution in [0, 0.1) is 6.92 Å². The van der Waals surface area contributed by atoms with Crippen molar-refractivity contribution in [1.29, 1.82) is 0 Å². The molecule has 1 aliphatic heterocycles. The predicted molar refractivity (Wildman–Crippen MR) is 107 cm³/mol. The standard InChI is InChI=1S/C20H16ClN7/c1-13-18(19(21)27(24-13)15-10-6-3-7-11-15)17-12-16(14-8-4-2-5-9-14)22-20-23-25-26-28(17)20/h2-12,17H,1H3,(H,22,23,26)/t17-/m1/s1. The number of fused-ring (bicyclic) bond motifs is 1. The van der Waals surface area contributed by atoms with Crippen molar-refractivity contribution in [3.8, 4) is 5.69 Å². The van der Waals surface area contributed by atoms with Gasteiger partial charge in [0.1, 0.15) is 11.2 Å². The second-order valence-electron chi connectivity index (χ2n) is 6.50. The van der Waals surface area contributed by atoms with Gasteiger partial charge in [0.25, 0.3) is 0 Å². The fraction of sp³-hybridized carbons (Fsp3) is 0.100. The lowest BCUT2D eigenvalue weighted by Crippen LogP contribution is -2.20. The number of para-hydroxylation sites is 1. The molecule has 4 aromatic rings. The Morgan fingerprint density at radius 2 is 1.71 bits per heavy atom. The smallest absolute Gasteiger partial charge is 0.248 e. The maximum atomic E-state index is 6.79. The third kappa shape index (κ3) is 2.68. The van der Waals surface area contributed by atoms with Crippen LogP contribution in [0.5, 0.6) is 0 Å². The van der Waals surface area contributed by atoms with Gasteiger partial charge in [-0.2, -0.15) is 9.78 Å². The van der Waals surface area contributed by atoms with Crippen molar-refractivity contribution in [2.75, 3.05) is 5.32 Å². The van der Waals surface area contributed by atoms with Gasteiger partial charge < -0.3 is 5.32 Å². The number of nitrogens with zero attached hydrogens (tertiary/aromatic N) is 6. The fourth-order valence-corrected chi connectivity index (χ4v) is 3.82. The average molecular weight is 390 g/mol. The summed E-state index contributed by atoms with van der Waals surface area (Å²) < 4.78 is 3.46. The number of benzene rings is 2. The van der Waals surface area contributed by atoms with Crippen molar-refractivity contribution in [3.05, 3.63) is 88.7 Å². The molecule has 0 unspecified atom stereocenters. The number of anilines is 1. The number of nitrogens with one attached hydrogen (secondary N) is 1. The molecule has 8 heteroatoms. The number of hydrogen-bond acceptors (Lipinski definition) is 5. The predicted octanol–water partition coefficient (Wildman–Crippen LogP) is 3.88. The van der Waals surface area contributed by atoms with E-state index in [0.717, 1.165) is 28.2 Å². The van der Waals surface area contributed by atoms with Gasteiger partial charge in [-0.3, -0.25) is 0 Å². The van der Waals surface area contributed by atoms with Crippen LogP contribution in [-0.2, 0) is 0 Å². The first kappa shape index (κ1) is 16.7. The van der Waals surface area contributed by atoms with Gasteiger partial charge in [-0.25, -0.2) is 4.68 Å². The minimum atomic E-state index is -0.272. The number of hydrogen-bond donors (Lipinski definition) is 1. The normalized spacial score (nSPS) is 15.6. The lowest BCUT2D eigenvalue weighted by molar-refractivity contribution is 0.584. The van der Waals surface area contributed by atoms with Crippen molar-refractivity contribution in [2.45, 2.75) is 13.0 Å². The van der Waals surface area contributed by atoms with Crippen LogP contribution in [0.3, 0.4) is 0 Å². The molecule has 138 valence electrons. The van der Waals surface area contributed by atoms with Crippen LogP contribution in [0.15, 0.2) is 66.7 Å². The molecular formula is C20H16ClN7. The van der Waals surface area contributed by atoms with Gasteiger partial charge in [-0.05, 0) is 41.1 Å². The molecule has 5 rings (SSSR count). The van der Waals surface area contributed by atoms with Crippen molar-refractivity contribution in [3.63, 3.8) is 0 Å². The molecule has 0 saturated heterocycles. The zero-order chi connectivity index (χ0) is 19.1. The minimum Gasteiger partial charge on any atom is -0.323 e. The summed E-state index contributed by atoms with van der Waals surface area (Å²) in [5.74, 6) is 0.564. The van der Waals surface area contributed by atoms with Gasteiger partial charge in [0.2, 0.25) is 5.95 Å². The molecule has 1 atom stereocenters. The van der Waals surface area contributed by atoms with Crippen LogP contribution in [0.1, 0.15) is 22.9 Å². The monoisotopic (exact) mass is 389 g/mol. The molecule has 1 aliphatic rings. The molecule has 7 nitrogen and oxygen atoms in total. The second kappa shape index (κ2) is 6.61. The number of halogens is 1. The first-order valence-electron chi connectivity index (χ1n) is 8.85. The molecule has 28 heavy (non-hydrogen) atoms. The van der Waals surface area contributed by atoms with Gasteiger partial charge in [0.15, 0.2) is 0 Å². The lowest BCUT2D eigenvalue weighted by atomic mass is 10.0. The first-order chi connectivity index (χ1) is 13.7. The van der Waals surface area contributed by atoms with Gasteiger partial charge >= 0.3 is 0 Å². The summed E-state index contributed by atoms with van der Waals surface area (Å²) in [6, 6.07) is 19.6. The van der Waals surface area contributed by atoms with Crippen LogP contribution in [0.25, 0.3) is 11.4 Å². The van der Waals surface area contributed by atoms with Gasteiger partial charge in [0, 0.05) is 11.3 Å². The highest BCUT2D eigenvalue weighted by Crippen LogP contribution is 2.37. The molecule has 0 bridgehead atoms. The zero-order valence-electron chi connectivity index (χ0n) is 15.0. The second-order valence-corrected chi connectivity index (χ2v) is 6.86. The summed E-state index contributed by atoms with van der Waals surface area (Å²) in [7, 11) is 0. The number of rotatable bonds is 3. The van der Waals surface area contributed by atoms with Crippen LogP contribution >= 0.6 is 11.6 Å². The van der Waals surface area contributed by atoms with E-state index in [1.54, 1.807) is 9.36 Å². The highest BCUT2D eigenvalue weighted by molar-refractivity contribution is 6.30. The molecule has 0 radical (unpaired) electrons. The summed E-state index contributed by atoms with van der Waals surface area (Å²) in [5, 5.41) is 20.6. The number of aryl methyl sites for hydroxylation is 1. The SMILES string of the molecule is Cc1nn(-c2ccccc2)c(Cl)c1[C@H]1C=C(c2ccccc2)Nc2nnnn21. The van der Waals surface area contributed by atoms with E-state index < -0.39 is 0 Å². The Kier molecular flexibility index (Phi) is 3.95. The molecular weight excluding hydrogens is 374 g/mol. The highest BCUT2D eigenvalue weighted by atomic mass is 35.5. The molecule has 0 aliphatic carbocycles. The van der Waals surface area contributed by atoms with Crippen molar-refractivity contribution in [2.24, 2.45) is 0 Å². The van der Waals surface area contributed by atoms with E-state index in [1.807, 2.05) is 67.6 Å². The lowest BCUT2D eigenvalue weighted by Gasteiger charge is -2.23. The molecule has 3 heterocycles. The number of aromatic nitrogens is 6. The van der Waals surface area contributed by atoms with E-state index in [2.05, 4.69) is 32.0 Å². The maximum absolute atomic E-state index is 6.79. The van der Waals surface area contributed by atoms with E-state index in [-0.39, 0.29) is 6.04 Å². The van der Waals surface area contributed by atoms with Crippen LogP contribution in [-0.4, -0.2) is 30.0 Å². The molecule has 1 N–H and O–H groups in total. The maximum Gasteiger partial charge on any atom is 0.248 e. The van der Waals surface area contributed by atoms with E-state index >= 15 is 0 Å². The van der Waals surface area contributed by atoms with Gasteiger partial charge in [-0.15, -0.1) is 0 Å². The molecule has 0 spiro atoms. The van der Waals surface area contributed by atoms with E-state index in [4.69, 9.17) is 11.6 Å². The Bertz CT molecular complexity index is 1160. The quantitative estimate of drug-likeness (QED) is 0.575. The first-order valence-corrected chi connectivity index (χ1v) is 9.23. The fourth-order valence-electron chi connectivity index (χ4n) is 3.43. The third-order valence-electron chi connectivity index (χ3n) is 4.76. The molecule has 2 aromatic carbocycles. The zero-order valence-corrected chi connectivity index (χ0v) is 15.7. The number of allylic oxidation sites excluding steroid dienone is 1.